The van der Waals surface area contributed by atoms with Gasteiger partial charge in [-0.25, -0.2) is 13.8 Å². The summed E-state index contributed by atoms with van der Waals surface area (Å²) < 4.78 is 33.7. The molecular formula is C19H15F2N5O3S. The van der Waals surface area contributed by atoms with E-state index in [-0.39, 0.29) is 37.8 Å². The molecule has 4 rings (SSSR count). The van der Waals surface area contributed by atoms with Gasteiger partial charge in [-0.1, -0.05) is 0 Å². The first kappa shape index (κ1) is 19.7. The van der Waals surface area contributed by atoms with Crippen LogP contribution in [0.1, 0.15) is 38.0 Å². The van der Waals surface area contributed by atoms with Gasteiger partial charge in [-0.15, -0.1) is 11.3 Å². The third-order valence-electron chi connectivity index (χ3n) is 4.50. The van der Waals surface area contributed by atoms with Gasteiger partial charge in [0, 0.05) is 23.7 Å². The number of halogens is 2. The number of hydrogen-bond donors (Lipinski definition) is 2. The summed E-state index contributed by atoms with van der Waals surface area (Å²) in [6, 6.07) is 5.93. The number of fused-ring (bicyclic) bond motifs is 1. The summed E-state index contributed by atoms with van der Waals surface area (Å²) in [5.74, 6) is -1.12. The van der Waals surface area contributed by atoms with Crippen LogP contribution in [0.3, 0.4) is 0 Å². The number of aryl methyl sites for hydroxylation is 2. The van der Waals surface area contributed by atoms with Gasteiger partial charge in [-0.2, -0.15) is 5.10 Å². The number of rotatable bonds is 5. The molecule has 0 bridgehead atoms. The Kier molecular flexibility index (Phi) is 4.82. The van der Waals surface area contributed by atoms with Crippen LogP contribution in [0.25, 0.3) is 21.5 Å². The van der Waals surface area contributed by atoms with E-state index in [0.29, 0.717) is 0 Å². The van der Waals surface area contributed by atoms with Gasteiger partial charge in [0.25, 0.3) is 18.2 Å². The van der Waals surface area contributed by atoms with Crippen LogP contribution in [0.4, 0.5) is 14.5 Å². The Bertz CT molecular complexity index is 1260. The summed E-state index contributed by atoms with van der Waals surface area (Å²) in [6.07, 6.45) is -1.45. The van der Waals surface area contributed by atoms with Crippen molar-refractivity contribution < 1.29 is 22.8 Å². The minimum atomic E-state index is -2.84. The van der Waals surface area contributed by atoms with Gasteiger partial charge in [0.2, 0.25) is 0 Å². The van der Waals surface area contributed by atoms with Crippen molar-refractivity contribution in [2.75, 3.05) is 5.32 Å². The van der Waals surface area contributed by atoms with E-state index in [0.717, 1.165) is 17.0 Å². The second kappa shape index (κ2) is 7.34. The number of hydrogen-bond acceptors (Lipinski definition) is 6. The first-order valence-corrected chi connectivity index (χ1v) is 9.49. The van der Waals surface area contributed by atoms with Gasteiger partial charge >= 0.3 is 0 Å². The molecule has 0 fully saturated rings. The normalized spacial score (nSPS) is 11.4. The van der Waals surface area contributed by atoms with Crippen molar-refractivity contribution in [1.29, 1.82) is 0 Å². The Labute approximate surface area is 172 Å². The van der Waals surface area contributed by atoms with E-state index in [9.17, 15) is 18.4 Å². The number of nitrogens with zero attached hydrogens (tertiary/aromatic N) is 3. The maximum Gasteiger partial charge on any atom is 0.280 e. The summed E-state index contributed by atoms with van der Waals surface area (Å²) in [5.41, 5.74) is 6.23. The average Bonchev–Trinajstić information content (AvgIpc) is 3.41. The molecule has 11 heteroatoms. The Balaban J connectivity index is 1.94. The highest BCUT2D eigenvalue weighted by Crippen LogP contribution is 2.42. The molecule has 30 heavy (non-hydrogen) atoms. The van der Waals surface area contributed by atoms with E-state index in [1.807, 2.05) is 0 Å². The molecule has 154 valence electrons. The number of amides is 2. The smallest absolute Gasteiger partial charge is 0.280 e. The fourth-order valence-electron chi connectivity index (χ4n) is 3.00. The number of aromatic nitrogens is 3. The minimum absolute atomic E-state index is 0.0160. The molecule has 4 aromatic heterocycles. The number of carbonyl (C=O) groups is 2. The van der Waals surface area contributed by atoms with Gasteiger partial charge in [0.05, 0.1) is 12.0 Å². The number of thiophene rings is 1. The van der Waals surface area contributed by atoms with E-state index in [1.54, 1.807) is 32.2 Å². The predicted molar refractivity (Wildman–Crippen MR) is 107 cm³/mol. The van der Waals surface area contributed by atoms with E-state index in [2.05, 4.69) is 15.4 Å². The van der Waals surface area contributed by atoms with E-state index in [1.165, 1.54) is 17.0 Å². The standard InChI is InChI=1S/C19H15F2N5O3S/c1-8-6-11(25-26(8)2)18(28)24-14-13-9(12-4-3-5-29-12)7-10(16(20)21)23-19(13)30-15(14)17(22)27/h3-7,16H,1-2H3,(H2,22,27)(H,24,28). The number of nitrogens with two attached hydrogens (primary N) is 1. The lowest BCUT2D eigenvalue weighted by atomic mass is 10.1. The maximum atomic E-state index is 13.4. The molecular weight excluding hydrogens is 416 g/mol. The Hall–Kier alpha value is -3.60. The van der Waals surface area contributed by atoms with Crippen LogP contribution in [-0.4, -0.2) is 26.6 Å². The van der Waals surface area contributed by atoms with Gasteiger partial charge in [0.1, 0.15) is 21.2 Å². The molecule has 0 saturated heterocycles. The van der Waals surface area contributed by atoms with Crippen LogP contribution >= 0.6 is 11.3 Å². The van der Waals surface area contributed by atoms with E-state index >= 15 is 0 Å². The topological polar surface area (TPSA) is 116 Å². The predicted octanol–water partition coefficient (Wildman–Crippen LogP) is 3.89. The SMILES string of the molecule is Cc1cc(C(=O)Nc2c(C(N)=O)sc3nc(C(F)F)cc(-c4ccco4)c23)nn1C. The van der Waals surface area contributed by atoms with Crippen LogP contribution in [-0.2, 0) is 7.05 Å². The summed E-state index contributed by atoms with van der Waals surface area (Å²) in [6.45, 7) is 1.78. The molecule has 0 aromatic carbocycles. The second-order valence-electron chi connectivity index (χ2n) is 6.47. The third-order valence-corrected chi connectivity index (χ3v) is 5.60. The molecule has 0 saturated carbocycles. The summed E-state index contributed by atoms with van der Waals surface area (Å²) >= 11 is 0.820. The molecule has 0 spiro atoms. The van der Waals surface area contributed by atoms with Crippen molar-refractivity contribution in [2.24, 2.45) is 12.8 Å². The highest BCUT2D eigenvalue weighted by Gasteiger charge is 2.26. The second-order valence-corrected chi connectivity index (χ2v) is 7.47. The number of furan rings is 1. The number of primary amides is 1. The first-order chi connectivity index (χ1) is 14.3. The van der Waals surface area contributed by atoms with Crippen LogP contribution < -0.4 is 11.1 Å². The zero-order valence-electron chi connectivity index (χ0n) is 15.8. The fraction of sp³-hybridized carbons (Fsp3) is 0.158. The molecule has 0 aliphatic heterocycles. The molecule has 0 aliphatic rings. The Morgan fingerprint density at radius 2 is 2.10 bits per heavy atom. The van der Waals surface area contributed by atoms with Gasteiger partial charge in [-0.05, 0) is 31.2 Å². The van der Waals surface area contributed by atoms with E-state index in [4.69, 9.17) is 10.2 Å². The first-order valence-electron chi connectivity index (χ1n) is 8.67. The van der Waals surface area contributed by atoms with E-state index < -0.39 is 23.9 Å². The summed E-state index contributed by atoms with van der Waals surface area (Å²) in [5, 5.41) is 7.05. The molecule has 3 N–H and O–H groups in total. The zero-order chi connectivity index (χ0) is 21.6. The van der Waals surface area contributed by atoms with Gasteiger partial charge < -0.3 is 15.5 Å². The monoisotopic (exact) mass is 431 g/mol. The highest BCUT2D eigenvalue weighted by atomic mass is 32.1. The number of carbonyl (C=O) groups excluding carboxylic acids is 2. The lowest BCUT2D eigenvalue weighted by molar-refractivity contribution is 0.100. The highest BCUT2D eigenvalue weighted by molar-refractivity contribution is 7.21. The van der Waals surface area contributed by atoms with Crippen LogP contribution in [0.2, 0.25) is 0 Å². The van der Waals surface area contributed by atoms with Gasteiger partial charge in [-0.3, -0.25) is 14.3 Å². The van der Waals surface area contributed by atoms with Crippen LogP contribution in [0.15, 0.2) is 34.9 Å². The van der Waals surface area contributed by atoms with Crippen molar-refractivity contribution in [3.8, 4) is 11.3 Å². The molecule has 0 atom stereocenters. The van der Waals surface area contributed by atoms with Crippen LogP contribution in [0.5, 0.6) is 0 Å². The minimum Gasteiger partial charge on any atom is -0.464 e. The summed E-state index contributed by atoms with van der Waals surface area (Å²) in [7, 11) is 1.69. The Morgan fingerprint density at radius 1 is 1.33 bits per heavy atom. The largest absolute Gasteiger partial charge is 0.464 e. The van der Waals surface area contributed by atoms with Crippen molar-refractivity contribution >= 4 is 39.1 Å². The Morgan fingerprint density at radius 3 is 2.67 bits per heavy atom. The zero-order valence-corrected chi connectivity index (χ0v) is 16.6. The molecule has 8 nitrogen and oxygen atoms in total. The number of nitrogens with one attached hydrogen (secondary N) is 1. The molecule has 2 amide bonds. The maximum absolute atomic E-state index is 13.4. The van der Waals surface area contributed by atoms with Crippen molar-refractivity contribution in [3.63, 3.8) is 0 Å². The molecule has 0 radical (unpaired) electrons. The van der Waals surface area contributed by atoms with Crippen molar-refractivity contribution in [3.05, 3.63) is 52.5 Å². The van der Waals surface area contributed by atoms with Gasteiger partial charge in [0.15, 0.2) is 5.69 Å². The number of pyridine rings is 1. The van der Waals surface area contributed by atoms with Crippen molar-refractivity contribution in [2.45, 2.75) is 13.3 Å². The molecule has 4 aromatic rings. The fourth-order valence-corrected chi connectivity index (χ4v) is 4.01. The van der Waals surface area contributed by atoms with Crippen molar-refractivity contribution in [1.82, 2.24) is 14.8 Å². The molecule has 4 heterocycles. The average molecular weight is 431 g/mol. The number of anilines is 1. The summed E-state index contributed by atoms with van der Waals surface area (Å²) in [4.78, 5) is 28.9. The van der Waals surface area contributed by atoms with Crippen LogP contribution in [0, 0.1) is 6.92 Å². The number of alkyl halides is 2. The lowest BCUT2D eigenvalue weighted by Gasteiger charge is -2.08. The quantitative estimate of drug-likeness (QED) is 0.497. The molecule has 0 unspecified atom stereocenters. The molecule has 0 aliphatic carbocycles. The lowest BCUT2D eigenvalue weighted by Crippen LogP contribution is -2.17. The third kappa shape index (κ3) is 3.32.